The largest absolute Gasteiger partial charge is 0.357 e. The first-order valence-corrected chi connectivity index (χ1v) is 8.28. The van der Waals surface area contributed by atoms with Crippen molar-refractivity contribution >= 4 is 44.7 Å². The maximum atomic E-state index is 11.0. The van der Waals surface area contributed by atoms with Crippen LogP contribution in [-0.2, 0) is 11.3 Å². The van der Waals surface area contributed by atoms with Gasteiger partial charge >= 0.3 is 0 Å². The van der Waals surface area contributed by atoms with Gasteiger partial charge in [0.05, 0.1) is 16.4 Å². The highest BCUT2D eigenvalue weighted by molar-refractivity contribution is 7.20. The third kappa shape index (κ3) is 2.60. The van der Waals surface area contributed by atoms with Crippen LogP contribution in [-0.4, -0.2) is 20.3 Å². The minimum atomic E-state index is -0.0516. The summed E-state index contributed by atoms with van der Waals surface area (Å²) in [6, 6.07) is 5.99. The Labute approximate surface area is 140 Å². The number of amides is 1. The Morgan fingerprint density at radius 3 is 3.09 bits per heavy atom. The van der Waals surface area contributed by atoms with Gasteiger partial charge in [0.25, 0.3) is 0 Å². The Morgan fingerprint density at radius 1 is 1.43 bits per heavy atom. The van der Waals surface area contributed by atoms with Gasteiger partial charge in [-0.05, 0) is 18.2 Å². The van der Waals surface area contributed by atoms with Crippen LogP contribution in [0, 0.1) is 0 Å². The lowest BCUT2D eigenvalue weighted by Crippen LogP contribution is -2.18. The van der Waals surface area contributed by atoms with Crippen LogP contribution in [0.2, 0.25) is 5.02 Å². The number of aromatic nitrogens is 3. The number of aromatic amines is 1. The topological polar surface area (TPSA) is 62.2 Å². The van der Waals surface area contributed by atoms with Crippen molar-refractivity contribution in [1.29, 1.82) is 0 Å². The number of benzene rings is 1. The van der Waals surface area contributed by atoms with E-state index in [9.17, 15) is 4.79 Å². The van der Waals surface area contributed by atoms with Gasteiger partial charge in [-0.2, -0.15) is 0 Å². The molecule has 0 aliphatic carbocycles. The number of nitrogens with zero attached hydrogens (tertiary/aromatic N) is 2. The van der Waals surface area contributed by atoms with Crippen molar-refractivity contribution in [3.05, 3.63) is 47.5 Å². The van der Waals surface area contributed by atoms with Gasteiger partial charge in [-0.15, -0.1) is 0 Å². The molecule has 0 atom stereocenters. The van der Waals surface area contributed by atoms with Crippen LogP contribution in [0.4, 0.5) is 0 Å². The smallest absolute Gasteiger partial charge is 0.217 e. The quantitative estimate of drug-likeness (QED) is 0.593. The number of rotatable bonds is 3. The predicted molar refractivity (Wildman–Crippen MR) is 92.9 cm³/mol. The summed E-state index contributed by atoms with van der Waals surface area (Å²) in [6.07, 6.45) is 5.73. The third-order valence-corrected chi connectivity index (χ3v) is 5.00. The van der Waals surface area contributed by atoms with Crippen LogP contribution in [0.25, 0.3) is 26.3 Å². The lowest BCUT2D eigenvalue weighted by Gasteiger charge is -2.01. The van der Waals surface area contributed by atoms with Crippen molar-refractivity contribution in [3.63, 3.8) is 0 Å². The second-order valence-electron chi connectivity index (χ2n) is 5.34. The van der Waals surface area contributed by atoms with Gasteiger partial charge < -0.3 is 10.3 Å². The van der Waals surface area contributed by atoms with Gasteiger partial charge in [-0.25, -0.2) is 4.98 Å². The molecule has 4 aromatic rings. The molecule has 1 aromatic carbocycles. The summed E-state index contributed by atoms with van der Waals surface area (Å²) < 4.78 is 1.98. The number of halogens is 1. The van der Waals surface area contributed by atoms with E-state index in [1.165, 1.54) is 6.92 Å². The van der Waals surface area contributed by atoms with Crippen LogP contribution in [0.1, 0.15) is 12.6 Å². The molecule has 0 spiro atoms. The van der Waals surface area contributed by atoms with E-state index in [1.807, 2.05) is 35.0 Å². The zero-order valence-corrected chi connectivity index (χ0v) is 13.8. The molecule has 23 heavy (non-hydrogen) atoms. The van der Waals surface area contributed by atoms with Crippen molar-refractivity contribution < 1.29 is 4.79 Å². The molecule has 1 amide bonds. The number of fused-ring (bicyclic) bond motifs is 2. The van der Waals surface area contributed by atoms with Gasteiger partial charge in [0, 0.05) is 47.7 Å². The molecule has 2 N–H and O–H groups in total. The minimum absolute atomic E-state index is 0.0516. The van der Waals surface area contributed by atoms with Crippen LogP contribution >= 0.6 is 22.9 Å². The Hall–Kier alpha value is -2.31. The second kappa shape index (κ2) is 5.40. The van der Waals surface area contributed by atoms with E-state index in [1.54, 1.807) is 17.5 Å². The van der Waals surface area contributed by atoms with Gasteiger partial charge in [0.2, 0.25) is 5.91 Å². The molecular formula is C16H13ClN4OS. The molecule has 0 bridgehead atoms. The predicted octanol–water partition coefficient (Wildman–Crippen LogP) is 3.83. The fraction of sp³-hybridized carbons (Fsp3) is 0.125. The van der Waals surface area contributed by atoms with E-state index in [-0.39, 0.29) is 5.91 Å². The van der Waals surface area contributed by atoms with Crippen molar-refractivity contribution in [2.45, 2.75) is 13.5 Å². The first-order chi connectivity index (χ1) is 11.1. The van der Waals surface area contributed by atoms with Gasteiger partial charge in [-0.3, -0.25) is 9.20 Å². The molecule has 0 fully saturated rings. The van der Waals surface area contributed by atoms with Crippen LogP contribution < -0.4 is 5.32 Å². The first kappa shape index (κ1) is 14.3. The molecule has 0 unspecified atom stereocenters. The highest BCUT2D eigenvalue weighted by atomic mass is 35.5. The molecule has 0 radical (unpaired) electrons. The number of imidazole rings is 1. The number of carbonyl (C=O) groups is 1. The molecule has 116 valence electrons. The monoisotopic (exact) mass is 344 g/mol. The fourth-order valence-corrected chi connectivity index (χ4v) is 3.87. The van der Waals surface area contributed by atoms with Crippen LogP contribution in [0.15, 0.2) is 36.8 Å². The Morgan fingerprint density at radius 2 is 2.30 bits per heavy atom. The highest BCUT2D eigenvalue weighted by Gasteiger charge is 2.12. The Bertz CT molecular complexity index is 1000. The standard InChI is InChI=1S/C16H13ClN4OS/c1-9(22)19-7-11-4-10-5-13(17)12(6-14(10)20-11)15-8-21-3-2-18-16(21)23-15/h2-6,8,20H,7H2,1H3,(H,19,22). The van der Waals surface area contributed by atoms with Crippen molar-refractivity contribution in [2.75, 3.05) is 0 Å². The third-order valence-electron chi connectivity index (χ3n) is 3.65. The summed E-state index contributed by atoms with van der Waals surface area (Å²) in [5.74, 6) is -0.0516. The molecule has 0 saturated heterocycles. The average molecular weight is 345 g/mol. The maximum Gasteiger partial charge on any atom is 0.217 e. The fourth-order valence-electron chi connectivity index (χ4n) is 2.57. The molecule has 0 saturated carbocycles. The van der Waals surface area contributed by atoms with E-state index >= 15 is 0 Å². The highest BCUT2D eigenvalue weighted by Crippen LogP contribution is 2.36. The minimum Gasteiger partial charge on any atom is -0.357 e. The molecule has 3 aromatic heterocycles. The zero-order chi connectivity index (χ0) is 16.0. The van der Waals surface area contributed by atoms with Crippen LogP contribution in [0.3, 0.4) is 0 Å². The number of hydrogen-bond acceptors (Lipinski definition) is 3. The first-order valence-electron chi connectivity index (χ1n) is 7.08. The molecule has 7 heteroatoms. The molecular weight excluding hydrogens is 332 g/mol. The van der Waals surface area contributed by atoms with Gasteiger partial charge in [0.1, 0.15) is 0 Å². The van der Waals surface area contributed by atoms with E-state index in [4.69, 9.17) is 11.6 Å². The van der Waals surface area contributed by atoms with Crippen molar-refractivity contribution in [1.82, 2.24) is 19.7 Å². The summed E-state index contributed by atoms with van der Waals surface area (Å²) in [7, 11) is 0. The van der Waals surface area contributed by atoms with E-state index in [0.717, 1.165) is 32.0 Å². The molecule has 4 rings (SSSR count). The number of nitrogens with one attached hydrogen (secondary N) is 2. The van der Waals surface area contributed by atoms with E-state index in [0.29, 0.717) is 11.6 Å². The number of hydrogen-bond donors (Lipinski definition) is 2. The number of carbonyl (C=O) groups excluding carboxylic acids is 1. The molecule has 5 nitrogen and oxygen atoms in total. The lowest BCUT2D eigenvalue weighted by molar-refractivity contribution is -0.119. The summed E-state index contributed by atoms with van der Waals surface area (Å²) in [6.45, 7) is 1.98. The summed E-state index contributed by atoms with van der Waals surface area (Å²) in [5, 5.41) is 4.51. The van der Waals surface area contributed by atoms with Crippen LogP contribution in [0.5, 0.6) is 0 Å². The van der Waals surface area contributed by atoms with E-state index < -0.39 is 0 Å². The molecule has 0 aliphatic rings. The Kier molecular flexibility index (Phi) is 3.36. The number of H-pyrrole nitrogens is 1. The normalized spacial score (nSPS) is 11.4. The summed E-state index contributed by atoms with van der Waals surface area (Å²) in [4.78, 5) is 20.7. The van der Waals surface area contributed by atoms with Gasteiger partial charge in [0.15, 0.2) is 4.96 Å². The van der Waals surface area contributed by atoms with E-state index in [2.05, 4.69) is 15.3 Å². The Balaban J connectivity index is 1.76. The molecule has 0 aliphatic heterocycles. The zero-order valence-electron chi connectivity index (χ0n) is 12.3. The summed E-state index contributed by atoms with van der Waals surface area (Å²) in [5.41, 5.74) is 2.92. The number of thiazole rings is 1. The SMILES string of the molecule is CC(=O)NCc1cc2cc(Cl)c(-c3cn4ccnc4s3)cc2[nH]1. The van der Waals surface area contributed by atoms with Crippen molar-refractivity contribution in [3.8, 4) is 10.4 Å². The summed E-state index contributed by atoms with van der Waals surface area (Å²) >= 11 is 8.06. The second-order valence-corrected chi connectivity index (χ2v) is 6.75. The molecule has 3 heterocycles. The maximum absolute atomic E-state index is 11.0. The van der Waals surface area contributed by atoms with Crippen molar-refractivity contribution in [2.24, 2.45) is 0 Å². The lowest BCUT2D eigenvalue weighted by atomic mass is 10.1. The average Bonchev–Trinajstić information content (AvgIpc) is 3.16. The van der Waals surface area contributed by atoms with Gasteiger partial charge in [-0.1, -0.05) is 22.9 Å².